The van der Waals surface area contributed by atoms with Crippen molar-refractivity contribution in [2.75, 3.05) is 38.1 Å². The first kappa shape index (κ1) is 25.5. The van der Waals surface area contributed by atoms with Crippen LogP contribution in [-0.4, -0.2) is 63.9 Å². The Labute approximate surface area is 206 Å². The molecule has 1 unspecified atom stereocenters. The lowest BCUT2D eigenvalue weighted by molar-refractivity contribution is -0.123. The highest BCUT2D eigenvalue weighted by Crippen LogP contribution is 2.37. The molecule has 2 aliphatic heterocycles. The van der Waals surface area contributed by atoms with Crippen LogP contribution in [0.5, 0.6) is 0 Å². The Bertz CT molecular complexity index is 1060. The Morgan fingerprint density at radius 2 is 1.88 bits per heavy atom. The normalized spacial score (nSPS) is 19.5. The van der Waals surface area contributed by atoms with Crippen LogP contribution in [0.2, 0.25) is 0 Å². The minimum Gasteiger partial charge on any atom is -0.355 e. The van der Waals surface area contributed by atoms with Gasteiger partial charge in [0, 0.05) is 44.3 Å². The molecular formula is C24H33N5O2S2. The summed E-state index contributed by atoms with van der Waals surface area (Å²) in [5, 5.41) is 9.81. The highest BCUT2D eigenvalue weighted by molar-refractivity contribution is 8.26. The van der Waals surface area contributed by atoms with E-state index in [1.165, 1.54) is 11.8 Å². The molecule has 0 spiro atoms. The molecule has 0 bridgehead atoms. The maximum atomic E-state index is 13.3. The number of hydrogen-bond acceptors (Lipinski definition) is 7. The third-order valence-electron chi connectivity index (χ3n) is 6.52. The molecule has 1 atom stereocenters. The second-order valence-corrected chi connectivity index (χ2v) is 10.4. The quantitative estimate of drug-likeness (QED) is 0.430. The lowest BCUT2D eigenvalue weighted by atomic mass is 10.0. The predicted octanol–water partition coefficient (Wildman–Crippen LogP) is 3.58. The average Bonchev–Trinajstić information content (AvgIpc) is 3.08. The van der Waals surface area contributed by atoms with E-state index in [2.05, 4.69) is 29.8 Å². The van der Waals surface area contributed by atoms with E-state index in [-0.39, 0.29) is 23.1 Å². The molecule has 7 nitrogen and oxygen atoms in total. The fraction of sp³-hybridized carbons (Fsp3) is 0.583. The van der Waals surface area contributed by atoms with E-state index in [9.17, 15) is 14.9 Å². The number of hydrogen-bond donors (Lipinski definition) is 0. The average molecular weight is 488 g/mol. The highest BCUT2D eigenvalue weighted by atomic mass is 32.2. The van der Waals surface area contributed by atoms with Crippen molar-refractivity contribution in [3.63, 3.8) is 0 Å². The van der Waals surface area contributed by atoms with Gasteiger partial charge >= 0.3 is 0 Å². The summed E-state index contributed by atoms with van der Waals surface area (Å²) in [7, 11) is 2.09. The maximum Gasteiger partial charge on any atom is 0.270 e. The van der Waals surface area contributed by atoms with Gasteiger partial charge in [0.05, 0.1) is 4.91 Å². The number of aromatic nitrogens is 1. The minimum absolute atomic E-state index is 0.0229. The molecule has 1 amide bonds. The molecule has 3 heterocycles. The number of thiocarbonyl (C=S) groups is 1. The number of piperazine rings is 1. The van der Waals surface area contributed by atoms with Gasteiger partial charge < -0.3 is 9.80 Å². The van der Waals surface area contributed by atoms with Crippen LogP contribution < -0.4 is 10.5 Å². The highest BCUT2D eigenvalue weighted by Gasteiger charge is 2.35. The van der Waals surface area contributed by atoms with E-state index in [1.807, 2.05) is 26.8 Å². The molecule has 0 aliphatic carbocycles. The van der Waals surface area contributed by atoms with Crippen molar-refractivity contribution in [1.82, 2.24) is 14.4 Å². The molecule has 0 saturated carbocycles. The number of rotatable bonds is 7. The standard InChI is InChI=1S/C24H33N5O2S2/c1-6-8-9-28-21(27-12-10-26(5)11-13-27)18(17(4)19(15-25)22(28)30)14-20-23(31)29(16(3)7-2)24(32)33-20/h14,16H,6-13H2,1-5H3. The third kappa shape index (κ3) is 5.03. The van der Waals surface area contributed by atoms with Crippen molar-refractivity contribution < 1.29 is 4.79 Å². The Hall–Kier alpha value is -2.15. The van der Waals surface area contributed by atoms with E-state index in [1.54, 1.807) is 9.47 Å². The number of thioether (sulfide) groups is 1. The summed E-state index contributed by atoms with van der Waals surface area (Å²) in [5.74, 6) is 0.708. The van der Waals surface area contributed by atoms with Crippen LogP contribution >= 0.6 is 24.0 Å². The van der Waals surface area contributed by atoms with Crippen LogP contribution in [0.15, 0.2) is 9.70 Å². The summed E-state index contributed by atoms with van der Waals surface area (Å²) in [5.41, 5.74) is 1.30. The minimum atomic E-state index is -0.248. The van der Waals surface area contributed by atoms with Gasteiger partial charge in [-0.2, -0.15) is 5.26 Å². The summed E-state index contributed by atoms with van der Waals surface area (Å²) in [6, 6.07) is 2.14. The molecule has 2 fully saturated rings. The van der Waals surface area contributed by atoms with Gasteiger partial charge in [0.25, 0.3) is 11.5 Å². The summed E-state index contributed by atoms with van der Waals surface area (Å²) in [6.07, 6.45) is 4.44. The summed E-state index contributed by atoms with van der Waals surface area (Å²) < 4.78 is 2.31. The van der Waals surface area contributed by atoms with Crippen LogP contribution in [-0.2, 0) is 11.3 Å². The number of unbranched alkanes of at least 4 members (excludes halogenated alkanes) is 1. The van der Waals surface area contributed by atoms with Gasteiger partial charge in [-0.05, 0) is 45.4 Å². The Morgan fingerprint density at radius 1 is 1.21 bits per heavy atom. The fourth-order valence-corrected chi connectivity index (χ4v) is 5.64. The first-order valence-corrected chi connectivity index (χ1v) is 12.9. The number of amides is 1. The van der Waals surface area contributed by atoms with Gasteiger partial charge in [0.2, 0.25) is 0 Å². The predicted molar refractivity (Wildman–Crippen MR) is 140 cm³/mol. The second-order valence-electron chi connectivity index (χ2n) is 8.76. The summed E-state index contributed by atoms with van der Waals surface area (Å²) in [4.78, 5) is 33.3. The topological polar surface area (TPSA) is 72.6 Å². The first-order chi connectivity index (χ1) is 15.7. The van der Waals surface area contributed by atoms with E-state index < -0.39 is 0 Å². The van der Waals surface area contributed by atoms with Gasteiger partial charge in [-0.1, -0.05) is 44.2 Å². The number of anilines is 1. The van der Waals surface area contributed by atoms with Crippen molar-refractivity contribution >= 4 is 46.1 Å². The van der Waals surface area contributed by atoms with Crippen LogP contribution in [0.25, 0.3) is 6.08 Å². The summed E-state index contributed by atoms with van der Waals surface area (Å²) in [6.45, 7) is 11.8. The molecule has 0 N–H and O–H groups in total. The largest absolute Gasteiger partial charge is 0.355 e. The van der Waals surface area contributed by atoms with Gasteiger partial charge in [0.15, 0.2) is 0 Å². The zero-order valence-corrected chi connectivity index (χ0v) is 21.8. The van der Waals surface area contributed by atoms with Gasteiger partial charge in [-0.15, -0.1) is 0 Å². The molecular weight excluding hydrogens is 454 g/mol. The fourth-order valence-electron chi connectivity index (χ4n) is 4.20. The molecule has 3 rings (SSSR count). The monoisotopic (exact) mass is 487 g/mol. The lowest BCUT2D eigenvalue weighted by Crippen LogP contribution is -2.47. The van der Waals surface area contributed by atoms with E-state index in [4.69, 9.17) is 12.2 Å². The first-order valence-electron chi connectivity index (χ1n) is 11.6. The smallest absolute Gasteiger partial charge is 0.270 e. The lowest BCUT2D eigenvalue weighted by Gasteiger charge is -2.36. The second kappa shape index (κ2) is 10.9. The molecule has 0 radical (unpaired) electrons. The number of nitriles is 1. The zero-order chi connectivity index (χ0) is 24.3. The molecule has 2 saturated heterocycles. The molecule has 178 valence electrons. The number of pyridine rings is 1. The number of likely N-dealkylation sites (N-methyl/N-ethyl adjacent to an activating group) is 1. The number of carbonyl (C=O) groups is 1. The zero-order valence-electron chi connectivity index (χ0n) is 20.2. The van der Waals surface area contributed by atoms with E-state index >= 15 is 0 Å². The maximum absolute atomic E-state index is 13.3. The van der Waals surface area contributed by atoms with Crippen LogP contribution in [0.1, 0.15) is 56.7 Å². The van der Waals surface area contributed by atoms with Crippen molar-refractivity contribution in [3.8, 4) is 6.07 Å². The van der Waals surface area contributed by atoms with Crippen molar-refractivity contribution in [3.05, 3.63) is 31.9 Å². The van der Waals surface area contributed by atoms with Gasteiger partial charge in [-0.25, -0.2) is 0 Å². The van der Waals surface area contributed by atoms with E-state index in [0.29, 0.717) is 21.3 Å². The SMILES string of the molecule is CCCCn1c(N2CCN(C)CC2)c(C=C2SC(=S)N(C(C)CC)C2=O)c(C)c(C#N)c1=O. The molecule has 9 heteroatoms. The molecule has 2 aliphatic rings. The van der Waals surface area contributed by atoms with Crippen LogP contribution in [0.4, 0.5) is 5.82 Å². The van der Waals surface area contributed by atoms with Crippen molar-refractivity contribution in [1.29, 1.82) is 5.26 Å². The van der Waals surface area contributed by atoms with E-state index in [0.717, 1.165) is 56.8 Å². The molecule has 33 heavy (non-hydrogen) atoms. The molecule has 0 aromatic carbocycles. The Balaban J connectivity index is 2.22. The molecule has 1 aromatic rings. The Morgan fingerprint density at radius 3 is 2.45 bits per heavy atom. The number of carbonyl (C=O) groups excluding carboxylic acids is 1. The van der Waals surface area contributed by atoms with Crippen LogP contribution in [0.3, 0.4) is 0 Å². The summed E-state index contributed by atoms with van der Waals surface area (Å²) >= 11 is 6.81. The van der Waals surface area contributed by atoms with Gasteiger partial charge in [-0.3, -0.25) is 19.1 Å². The van der Waals surface area contributed by atoms with Crippen LogP contribution in [0, 0.1) is 18.3 Å². The number of nitrogens with zero attached hydrogens (tertiary/aromatic N) is 5. The van der Waals surface area contributed by atoms with Crippen molar-refractivity contribution in [2.24, 2.45) is 0 Å². The van der Waals surface area contributed by atoms with Crippen molar-refractivity contribution in [2.45, 2.75) is 59.5 Å². The third-order valence-corrected chi connectivity index (χ3v) is 7.85. The Kier molecular flexibility index (Phi) is 8.38. The molecule has 1 aromatic heterocycles. The van der Waals surface area contributed by atoms with Gasteiger partial charge in [0.1, 0.15) is 21.8 Å².